The summed E-state index contributed by atoms with van der Waals surface area (Å²) >= 11 is 5.57. The van der Waals surface area contributed by atoms with Gasteiger partial charge < -0.3 is 9.84 Å². The first-order valence-electron chi connectivity index (χ1n) is 5.59. The lowest BCUT2D eigenvalue weighted by molar-refractivity contribution is -0.132. The summed E-state index contributed by atoms with van der Waals surface area (Å²) in [4.78, 5) is 22.8. The summed E-state index contributed by atoms with van der Waals surface area (Å²) in [5.74, 6) is -1.69. The molecule has 0 spiro atoms. The molecule has 0 aromatic heterocycles. The lowest BCUT2D eigenvalue weighted by atomic mass is 10.0. The number of ether oxygens (including phenoxy) is 1. The zero-order chi connectivity index (χ0) is 12.9. The third-order valence-electron chi connectivity index (χ3n) is 3.24. The molecule has 1 heterocycles. The fourth-order valence-electron chi connectivity index (χ4n) is 2.38. The van der Waals surface area contributed by atoms with Crippen LogP contribution in [0, 0.1) is 0 Å². The van der Waals surface area contributed by atoms with Crippen LogP contribution in [0.15, 0.2) is 22.9 Å². The number of rotatable bonds is 1. The number of aryl methyl sites for hydroxylation is 2. The molecule has 0 atom stereocenters. The Labute approximate surface area is 108 Å². The van der Waals surface area contributed by atoms with E-state index in [1.807, 2.05) is 6.07 Å². The van der Waals surface area contributed by atoms with Gasteiger partial charge in [-0.15, -0.1) is 0 Å². The Kier molecular flexibility index (Phi) is 2.41. The first-order chi connectivity index (χ1) is 8.58. The number of carbonyl (C=O) groups excluding carboxylic acids is 1. The lowest BCUT2D eigenvalue weighted by Gasteiger charge is -2.02. The number of carbonyl (C=O) groups is 2. The Balaban J connectivity index is 2.11. The van der Waals surface area contributed by atoms with Crippen molar-refractivity contribution in [1.29, 1.82) is 0 Å². The van der Waals surface area contributed by atoms with Crippen molar-refractivity contribution in [2.24, 2.45) is 0 Å². The van der Waals surface area contributed by atoms with Gasteiger partial charge in [0.1, 0.15) is 5.75 Å². The van der Waals surface area contributed by atoms with Gasteiger partial charge in [0.05, 0.1) is 5.56 Å². The van der Waals surface area contributed by atoms with Gasteiger partial charge in [-0.05, 0) is 42.5 Å². The van der Waals surface area contributed by atoms with Crippen LogP contribution in [0.1, 0.15) is 27.9 Å². The van der Waals surface area contributed by atoms with Crippen molar-refractivity contribution in [2.45, 2.75) is 19.3 Å². The van der Waals surface area contributed by atoms with E-state index >= 15 is 0 Å². The van der Waals surface area contributed by atoms with E-state index in [0.29, 0.717) is 11.3 Å². The van der Waals surface area contributed by atoms with Crippen LogP contribution < -0.4 is 4.74 Å². The van der Waals surface area contributed by atoms with E-state index in [-0.39, 0.29) is 5.76 Å². The minimum Gasteiger partial charge on any atom is -0.477 e. The molecule has 0 bridgehead atoms. The summed E-state index contributed by atoms with van der Waals surface area (Å²) in [6.07, 6.45) is 2.98. The zero-order valence-electron chi connectivity index (χ0n) is 9.33. The van der Waals surface area contributed by atoms with Gasteiger partial charge in [0.25, 0.3) is 0 Å². The molecule has 1 aromatic rings. The molecule has 92 valence electrons. The standard InChI is InChI=1S/C13H9ClO4/c14-10(13(16)17)12-11(15)8-4-6-2-1-3-7(6)5-9(8)18-12/h4-5H,1-3H2,(H,16,17)/b12-10+. The van der Waals surface area contributed by atoms with E-state index in [1.165, 1.54) is 0 Å². The van der Waals surface area contributed by atoms with E-state index in [1.54, 1.807) is 6.07 Å². The average molecular weight is 265 g/mol. The summed E-state index contributed by atoms with van der Waals surface area (Å²) in [5, 5.41) is 8.21. The quantitative estimate of drug-likeness (QED) is 0.791. The molecule has 5 heteroatoms. The molecular weight excluding hydrogens is 256 g/mol. The van der Waals surface area contributed by atoms with Crippen molar-refractivity contribution in [3.8, 4) is 5.75 Å². The first kappa shape index (κ1) is 11.3. The second kappa shape index (κ2) is 3.85. The van der Waals surface area contributed by atoms with E-state index in [2.05, 4.69) is 0 Å². The maximum absolute atomic E-state index is 12.0. The summed E-state index contributed by atoms with van der Waals surface area (Å²) in [7, 11) is 0. The predicted molar refractivity (Wildman–Crippen MR) is 63.9 cm³/mol. The number of carboxylic acids is 1. The topological polar surface area (TPSA) is 63.6 Å². The smallest absolute Gasteiger partial charge is 0.351 e. The van der Waals surface area contributed by atoms with Crippen molar-refractivity contribution < 1.29 is 19.4 Å². The number of aliphatic carboxylic acids is 1. The van der Waals surface area contributed by atoms with Crippen LogP contribution in [-0.2, 0) is 17.6 Å². The molecular formula is C13H9ClO4. The van der Waals surface area contributed by atoms with Crippen molar-refractivity contribution in [3.05, 3.63) is 39.6 Å². The molecule has 0 radical (unpaired) electrons. The van der Waals surface area contributed by atoms with Gasteiger partial charge in [-0.2, -0.15) is 0 Å². The number of allylic oxidation sites excluding steroid dienone is 1. The third-order valence-corrected chi connectivity index (χ3v) is 3.58. The van der Waals surface area contributed by atoms with Crippen LogP contribution in [0.2, 0.25) is 0 Å². The van der Waals surface area contributed by atoms with E-state index in [0.717, 1.165) is 30.4 Å². The number of benzene rings is 1. The Morgan fingerprint density at radius 2 is 1.94 bits per heavy atom. The fraction of sp³-hybridized carbons (Fsp3) is 0.231. The zero-order valence-corrected chi connectivity index (χ0v) is 10.1. The molecule has 0 unspecified atom stereocenters. The van der Waals surface area contributed by atoms with Crippen molar-refractivity contribution >= 4 is 23.4 Å². The van der Waals surface area contributed by atoms with Gasteiger partial charge in [-0.25, -0.2) is 4.79 Å². The molecule has 2 aliphatic rings. The molecule has 0 fully saturated rings. The van der Waals surface area contributed by atoms with Crippen LogP contribution in [0.5, 0.6) is 5.75 Å². The first-order valence-corrected chi connectivity index (χ1v) is 5.97. The highest BCUT2D eigenvalue weighted by Gasteiger charge is 2.33. The third kappa shape index (κ3) is 1.53. The number of ketones is 1. The highest BCUT2D eigenvalue weighted by atomic mass is 35.5. The van der Waals surface area contributed by atoms with Crippen LogP contribution in [0.4, 0.5) is 0 Å². The van der Waals surface area contributed by atoms with Gasteiger partial charge in [0.15, 0.2) is 5.03 Å². The predicted octanol–water partition coefficient (Wildman–Crippen LogP) is 2.29. The Morgan fingerprint density at radius 1 is 1.28 bits per heavy atom. The average Bonchev–Trinajstić information content (AvgIpc) is 2.90. The molecule has 1 aromatic carbocycles. The Hall–Kier alpha value is -1.81. The van der Waals surface area contributed by atoms with E-state index < -0.39 is 16.8 Å². The SMILES string of the molecule is O=C(O)/C(Cl)=C1\Oc2cc3c(cc2C1=O)CCC3. The van der Waals surface area contributed by atoms with E-state index in [9.17, 15) is 9.59 Å². The van der Waals surface area contributed by atoms with Gasteiger partial charge in [0, 0.05) is 0 Å². The number of hydrogen-bond donors (Lipinski definition) is 1. The molecule has 0 saturated carbocycles. The Bertz CT molecular complexity index is 616. The summed E-state index contributed by atoms with van der Waals surface area (Å²) in [5.41, 5.74) is 2.71. The molecule has 1 N–H and O–H groups in total. The fourth-order valence-corrected chi connectivity index (χ4v) is 2.51. The normalized spacial score (nSPS) is 19.3. The number of fused-ring (bicyclic) bond motifs is 2. The molecule has 1 aliphatic heterocycles. The second-order valence-electron chi connectivity index (χ2n) is 4.35. The van der Waals surface area contributed by atoms with Crippen LogP contribution in [0.25, 0.3) is 0 Å². The molecule has 1 aliphatic carbocycles. The van der Waals surface area contributed by atoms with Gasteiger partial charge in [-0.3, -0.25) is 4.79 Å². The molecule has 0 saturated heterocycles. The highest BCUT2D eigenvalue weighted by Crippen LogP contribution is 2.37. The molecule has 0 amide bonds. The monoisotopic (exact) mass is 264 g/mol. The summed E-state index contributed by atoms with van der Waals surface area (Å²) in [6.45, 7) is 0. The molecule has 18 heavy (non-hydrogen) atoms. The largest absolute Gasteiger partial charge is 0.477 e. The maximum atomic E-state index is 12.0. The highest BCUT2D eigenvalue weighted by molar-refractivity contribution is 6.43. The second-order valence-corrected chi connectivity index (χ2v) is 4.73. The summed E-state index contributed by atoms with van der Waals surface area (Å²) < 4.78 is 5.28. The van der Waals surface area contributed by atoms with Crippen LogP contribution >= 0.6 is 11.6 Å². The minimum absolute atomic E-state index is 0.289. The van der Waals surface area contributed by atoms with Gasteiger partial charge in [-0.1, -0.05) is 11.6 Å². The number of hydrogen-bond acceptors (Lipinski definition) is 3. The Morgan fingerprint density at radius 3 is 2.61 bits per heavy atom. The minimum atomic E-state index is -1.36. The van der Waals surface area contributed by atoms with Crippen LogP contribution in [0.3, 0.4) is 0 Å². The van der Waals surface area contributed by atoms with Crippen molar-refractivity contribution in [1.82, 2.24) is 0 Å². The van der Waals surface area contributed by atoms with Crippen molar-refractivity contribution in [2.75, 3.05) is 0 Å². The maximum Gasteiger partial charge on any atom is 0.351 e. The number of halogens is 1. The molecule has 4 nitrogen and oxygen atoms in total. The number of Topliss-reactive ketones (excluding diaryl/α,β-unsaturated/α-hetero) is 1. The lowest BCUT2D eigenvalue weighted by Crippen LogP contribution is -2.07. The number of carboxylic acid groups (broad SMARTS) is 1. The van der Waals surface area contributed by atoms with E-state index in [4.69, 9.17) is 21.4 Å². The summed E-state index contributed by atoms with van der Waals surface area (Å²) in [6, 6.07) is 3.60. The van der Waals surface area contributed by atoms with Crippen LogP contribution in [-0.4, -0.2) is 16.9 Å². The van der Waals surface area contributed by atoms with Gasteiger partial charge in [0.2, 0.25) is 11.5 Å². The van der Waals surface area contributed by atoms with Crippen molar-refractivity contribution in [3.63, 3.8) is 0 Å². The van der Waals surface area contributed by atoms with Gasteiger partial charge >= 0.3 is 5.97 Å². The molecule has 3 rings (SSSR count).